The number of rotatable bonds is 7. The Morgan fingerprint density at radius 3 is 2.37 bits per heavy atom. The Hall–Kier alpha value is -1.60. The van der Waals surface area contributed by atoms with Crippen molar-refractivity contribution in [3.8, 4) is 0 Å². The van der Waals surface area contributed by atoms with Crippen LogP contribution < -0.4 is 10.0 Å². The van der Waals surface area contributed by atoms with E-state index in [2.05, 4.69) is 42.6 Å². The van der Waals surface area contributed by atoms with Crippen molar-refractivity contribution in [3.05, 3.63) is 29.8 Å². The zero-order valence-corrected chi connectivity index (χ0v) is 17.9. The zero-order chi connectivity index (χ0) is 20.2. The number of nitrogens with one attached hydrogen (secondary N) is 2. The summed E-state index contributed by atoms with van der Waals surface area (Å²) < 4.78 is 26.2. The number of benzene rings is 1. The van der Waals surface area contributed by atoms with Gasteiger partial charge in [-0.25, -0.2) is 8.42 Å². The SMILES string of the molecule is CCS(=O)(=O)Nc1ccccc1C(=O)NCC(C)(C)N1CC(C)CC(C)C1. The molecule has 1 fully saturated rings. The number of hydrogen-bond acceptors (Lipinski definition) is 4. The lowest BCUT2D eigenvalue weighted by Crippen LogP contribution is -2.56. The fourth-order valence-corrected chi connectivity index (χ4v) is 4.33. The average Bonchev–Trinajstić information content (AvgIpc) is 2.59. The van der Waals surface area contributed by atoms with Gasteiger partial charge in [-0.1, -0.05) is 26.0 Å². The summed E-state index contributed by atoms with van der Waals surface area (Å²) in [7, 11) is -3.44. The molecule has 0 radical (unpaired) electrons. The lowest BCUT2D eigenvalue weighted by Gasteiger charge is -2.45. The normalized spacial score (nSPS) is 21.7. The van der Waals surface area contributed by atoms with Crippen LogP contribution in [0.4, 0.5) is 5.69 Å². The second-order valence-corrected chi connectivity index (χ2v) is 10.4. The van der Waals surface area contributed by atoms with Gasteiger partial charge in [0, 0.05) is 25.2 Å². The molecule has 1 amide bonds. The van der Waals surface area contributed by atoms with E-state index < -0.39 is 10.0 Å². The topological polar surface area (TPSA) is 78.5 Å². The largest absolute Gasteiger partial charge is 0.350 e. The van der Waals surface area contributed by atoms with Crippen molar-refractivity contribution < 1.29 is 13.2 Å². The van der Waals surface area contributed by atoms with Gasteiger partial charge in [0.05, 0.1) is 17.0 Å². The number of piperidine rings is 1. The molecule has 1 heterocycles. The quantitative estimate of drug-likeness (QED) is 0.744. The van der Waals surface area contributed by atoms with E-state index in [1.54, 1.807) is 31.2 Å². The summed E-state index contributed by atoms with van der Waals surface area (Å²) in [6, 6.07) is 6.70. The minimum atomic E-state index is -3.44. The van der Waals surface area contributed by atoms with E-state index in [0.717, 1.165) is 13.1 Å². The number of hydrogen-bond donors (Lipinski definition) is 2. The summed E-state index contributed by atoms with van der Waals surface area (Å²) >= 11 is 0. The molecule has 2 N–H and O–H groups in total. The van der Waals surface area contributed by atoms with Gasteiger partial charge in [0.25, 0.3) is 5.91 Å². The first-order chi connectivity index (χ1) is 12.5. The molecular formula is C20H33N3O3S. The number of likely N-dealkylation sites (tertiary alicyclic amines) is 1. The maximum atomic E-state index is 12.7. The smallest absolute Gasteiger partial charge is 0.253 e. The predicted molar refractivity (Wildman–Crippen MR) is 110 cm³/mol. The summed E-state index contributed by atoms with van der Waals surface area (Å²) in [5, 5.41) is 2.99. The maximum Gasteiger partial charge on any atom is 0.253 e. The highest BCUT2D eigenvalue weighted by molar-refractivity contribution is 7.92. The van der Waals surface area contributed by atoms with Crippen LogP contribution in [0.3, 0.4) is 0 Å². The summed E-state index contributed by atoms with van der Waals surface area (Å²) in [5.41, 5.74) is 0.483. The molecular weight excluding hydrogens is 362 g/mol. The van der Waals surface area contributed by atoms with Crippen LogP contribution in [0.15, 0.2) is 24.3 Å². The third-order valence-corrected chi connectivity index (χ3v) is 6.51. The number of para-hydroxylation sites is 1. The Labute approximate surface area is 163 Å². The van der Waals surface area contributed by atoms with Crippen molar-refractivity contribution in [1.29, 1.82) is 0 Å². The molecule has 152 valence electrons. The van der Waals surface area contributed by atoms with Gasteiger partial charge in [0.2, 0.25) is 10.0 Å². The highest BCUT2D eigenvalue weighted by atomic mass is 32.2. The molecule has 2 atom stereocenters. The van der Waals surface area contributed by atoms with Gasteiger partial charge < -0.3 is 5.32 Å². The number of anilines is 1. The molecule has 0 bridgehead atoms. The van der Waals surface area contributed by atoms with Gasteiger partial charge in [-0.15, -0.1) is 0 Å². The number of amides is 1. The molecule has 6 nitrogen and oxygen atoms in total. The highest BCUT2D eigenvalue weighted by Gasteiger charge is 2.33. The Balaban J connectivity index is 2.07. The maximum absolute atomic E-state index is 12.7. The Morgan fingerprint density at radius 1 is 1.19 bits per heavy atom. The Morgan fingerprint density at radius 2 is 1.78 bits per heavy atom. The molecule has 1 aromatic carbocycles. The van der Waals surface area contributed by atoms with Gasteiger partial charge in [0.15, 0.2) is 0 Å². The molecule has 7 heteroatoms. The van der Waals surface area contributed by atoms with Crippen LogP contribution in [-0.2, 0) is 10.0 Å². The van der Waals surface area contributed by atoms with Crippen LogP contribution in [0.5, 0.6) is 0 Å². The lowest BCUT2D eigenvalue weighted by molar-refractivity contribution is 0.0445. The molecule has 2 unspecified atom stereocenters. The summed E-state index contributed by atoms with van der Waals surface area (Å²) in [6.07, 6.45) is 1.24. The van der Waals surface area contributed by atoms with Gasteiger partial charge in [-0.05, 0) is 51.2 Å². The first-order valence-corrected chi connectivity index (χ1v) is 11.3. The highest BCUT2D eigenvalue weighted by Crippen LogP contribution is 2.27. The number of nitrogens with zero attached hydrogens (tertiary/aromatic N) is 1. The molecule has 1 aromatic rings. The lowest BCUT2D eigenvalue weighted by atomic mass is 9.88. The third kappa shape index (κ3) is 5.94. The van der Waals surface area contributed by atoms with Crippen molar-refractivity contribution in [3.63, 3.8) is 0 Å². The molecule has 0 saturated carbocycles. The van der Waals surface area contributed by atoms with Crippen LogP contribution in [0.1, 0.15) is 51.4 Å². The second-order valence-electron chi connectivity index (χ2n) is 8.40. The number of carbonyl (C=O) groups excluding carboxylic acids is 1. The van der Waals surface area contributed by atoms with E-state index >= 15 is 0 Å². The van der Waals surface area contributed by atoms with Crippen LogP contribution in [0.25, 0.3) is 0 Å². The van der Waals surface area contributed by atoms with E-state index in [0.29, 0.717) is 29.6 Å². The summed E-state index contributed by atoms with van der Waals surface area (Å²) in [5.74, 6) is 0.984. The Bertz CT molecular complexity index is 751. The fraction of sp³-hybridized carbons (Fsp3) is 0.650. The van der Waals surface area contributed by atoms with Gasteiger partial charge >= 0.3 is 0 Å². The van der Waals surface area contributed by atoms with Crippen molar-refractivity contribution in [2.45, 2.75) is 46.6 Å². The van der Waals surface area contributed by atoms with Crippen LogP contribution in [0, 0.1) is 11.8 Å². The molecule has 27 heavy (non-hydrogen) atoms. The van der Waals surface area contributed by atoms with Gasteiger partial charge in [-0.2, -0.15) is 0 Å². The van der Waals surface area contributed by atoms with E-state index in [-0.39, 0.29) is 17.2 Å². The second kappa shape index (κ2) is 8.61. The van der Waals surface area contributed by atoms with E-state index in [1.165, 1.54) is 6.42 Å². The van der Waals surface area contributed by atoms with E-state index in [1.807, 2.05) is 0 Å². The first-order valence-electron chi connectivity index (χ1n) is 9.67. The number of sulfonamides is 1. The van der Waals surface area contributed by atoms with Crippen molar-refractivity contribution in [1.82, 2.24) is 10.2 Å². The van der Waals surface area contributed by atoms with Crippen LogP contribution in [0.2, 0.25) is 0 Å². The Kier molecular flexibility index (Phi) is 6.92. The third-order valence-electron chi connectivity index (χ3n) is 5.22. The molecule has 0 aliphatic carbocycles. The summed E-state index contributed by atoms with van der Waals surface area (Å²) in [4.78, 5) is 15.2. The monoisotopic (exact) mass is 395 g/mol. The van der Waals surface area contributed by atoms with Gasteiger partial charge in [0.1, 0.15) is 0 Å². The van der Waals surface area contributed by atoms with Crippen molar-refractivity contribution in [2.75, 3.05) is 30.1 Å². The van der Waals surface area contributed by atoms with Gasteiger partial charge in [-0.3, -0.25) is 14.4 Å². The minimum Gasteiger partial charge on any atom is -0.350 e. The standard InChI is InChI=1S/C20H33N3O3S/c1-6-27(25,26)22-18-10-8-7-9-17(18)19(24)21-14-20(4,5)23-12-15(2)11-16(3)13-23/h7-10,15-16,22H,6,11-14H2,1-5H3,(H,21,24). The summed E-state index contributed by atoms with van der Waals surface area (Å²) in [6.45, 7) is 12.9. The van der Waals surface area contributed by atoms with Crippen molar-refractivity contribution >= 4 is 21.6 Å². The molecule has 1 aliphatic heterocycles. The van der Waals surface area contributed by atoms with E-state index in [4.69, 9.17) is 0 Å². The predicted octanol–water partition coefficient (Wildman–Crippen LogP) is 2.93. The zero-order valence-electron chi connectivity index (χ0n) is 17.1. The van der Waals surface area contributed by atoms with Crippen LogP contribution >= 0.6 is 0 Å². The molecule has 1 aliphatic rings. The molecule has 1 saturated heterocycles. The fourth-order valence-electron chi connectivity index (χ4n) is 3.67. The first kappa shape index (κ1) is 21.7. The van der Waals surface area contributed by atoms with Crippen molar-refractivity contribution in [2.24, 2.45) is 11.8 Å². The molecule has 2 rings (SSSR count). The molecule has 0 spiro atoms. The van der Waals surface area contributed by atoms with Crippen LogP contribution in [-0.4, -0.2) is 50.2 Å². The average molecular weight is 396 g/mol. The van der Waals surface area contributed by atoms with E-state index in [9.17, 15) is 13.2 Å². The number of carbonyl (C=O) groups is 1. The minimum absolute atomic E-state index is 0.0404. The molecule has 0 aromatic heterocycles.